The first kappa shape index (κ1) is 14.8. The fourth-order valence-electron chi connectivity index (χ4n) is 2.25. The summed E-state index contributed by atoms with van der Waals surface area (Å²) in [6, 6.07) is 6.33. The van der Waals surface area contributed by atoms with Crippen LogP contribution in [0, 0.1) is 5.82 Å². The van der Waals surface area contributed by atoms with Crippen LogP contribution in [0.2, 0.25) is 0 Å². The van der Waals surface area contributed by atoms with E-state index in [1.807, 2.05) is 0 Å². The number of carbonyl (C=O) groups is 1. The third-order valence-corrected chi connectivity index (χ3v) is 3.32. The molecule has 1 fully saturated rings. The zero-order valence-electron chi connectivity index (χ0n) is 11.5. The molecule has 0 unspecified atom stereocenters. The van der Waals surface area contributed by atoms with Crippen LogP contribution in [0.3, 0.4) is 0 Å². The van der Waals surface area contributed by atoms with Gasteiger partial charge >= 0.3 is 0 Å². The number of piperidine rings is 1. The molecule has 0 saturated carbocycles. The highest BCUT2D eigenvalue weighted by atomic mass is 19.1. The lowest BCUT2D eigenvalue weighted by molar-refractivity contribution is -0.122. The Hall–Kier alpha value is -1.62. The van der Waals surface area contributed by atoms with Gasteiger partial charge in [-0.1, -0.05) is 6.07 Å². The number of amides is 1. The summed E-state index contributed by atoms with van der Waals surface area (Å²) in [4.78, 5) is 11.7. The first-order chi connectivity index (χ1) is 9.74. The van der Waals surface area contributed by atoms with Gasteiger partial charge in [0.05, 0.1) is 6.61 Å². The lowest BCUT2D eigenvalue weighted by atomic mass is 10.1. The molecule has 0 aliphatic carbocycles. The van der Waals surface area contributed by atoms with Crippen LogP contribution in [-0.4, -0.2) is 31.6 Å². The van der Waals surface area contributed by atoms with Crippen molar-refractivity contribution in [3.8, 4) is 5.75 Å². The Labute approximate surface area is 118 Å². The summed E-state index contributed by atoms with van der Waals surface area (Å²) in [5.74, 6) is 0.259. The topological polar surface area (TPSA) is 50.4 Å². The van der Waals surface area contributed by atoms with Gasteiger partial charge in [0.1, 0.15) is 11.6 Å². The summed E-state index contributed by atoms with van der Waals surface area (Å²) in [6.45, 7) is 2.35. The van der Waals surface area contributed by atoms with Crippen LogP contribution < -0.4 is 15.4 Å². The zero-order chi connectivity index (χ0) is 14.2. The number of hydrogen-bond donors (Lipinski definition) is 2. The van der Waals surface area contributed by atoms with Crippen LogP contribution in [0.15, 0.2) is 24.3 Å². The fourth-order valence-corrected chi connectivity index (χ4v) is 2.25. The Bertz CT molecular complexity index is 434. The molecule has 2 rings (SSSR count). The number of ether oxygens (including phenoxy) is 1. The van der Waals surface area contributed by atoms with Crippen molar-refractivity contribution in [2.24, 2.45) is 0 Å². The number of halogens is 1. The molecule has 0 spiro atoms. The molecule has 0 radical (unpaired) electrons. The fraction of sp³-hybridized carbons (Fsp3) is 0.533. The molecule has 1 saturated heterocycles. The number of nitrogens with one attached hydrogen (secondary N) is 2. The minimum atomic E-state index is -0.314. The van der Waals surface area contributed by atoms with Gasteiger partial charge in [0.15, 0.2) is 0 Å². The molecule has 0 aromatic heterocycles. The molecule has 1 heterocycles. The smallest absolute Gasteiger partial charge is 0.220 e. The second-order valence-electron chi connectivity index (χ2n) is 5.00. The lowest BCUT2D eigenvalue weighted by Crippen LogP contribution is -2.42. The van der Waals surface area contributed by atoms with Gasteiger partial charge < -0.3 is 15.4 Å². The van der Waals surface area contributed by atoms with Crippen LogP contribution in [0.1, 0.15) is 25.7 Å². The van der Waals surface area contributed by atoms with Gasteiger partial charge in [-0.2, -0.15) is 0 Å². The second kappa shape index (κ2) is 7.85. The van der Waals surface area contributed by atoms with E-state index >= 15 is 0 Å². The molecule has 1 aliphatic rings. The summed E-state index contributed by atoms with van der Waals surface area (Å²) in [7, 11) is 0. The average molecular weight is 280 g/mol. The first-order valence-corrected chi connectivity index (χ1v) is 7.12. The minimum Gasteiger partial charge on any atom is -0.493 e. The highest BCUT2D eigenvalue weighted by Crippen LogP contribution is 2.12. The predicted octanol–water partition coefficient (Wildman–Crippen LogP) is 1.85. The minimum absolute atomic E-state index is 0.0692. The molecule has 1 aromatic carbocycles. The predicted molar refractivity (Wildman–Crippen MR) is 75.2 cm³/mol. The maximum atomic E-state index is 12.9. The van der Waals surface area contributed by atoms with Crippen molar-refractivity contribution in [1.82, 2.24) is 10.6 Å². The summed E-state index contributed by atoms with van der Waals surface area (Å²) in [5, 5.41) is 6.29. The SMILES string of the molecule is O=C(CCCOc1cccc(F)c1)NC1CCNCC1. The normalized spacial score (nSPS) is 15.8. The Morgan fingerprint density at radius 2 is 2.20 bits per heavy atom. The summed E-state index contributed by atoms with van der Waals surface area (Å²) >= 11 is 0. The van der Waals surface area contributed by atoms with Crippen LogP contribution in [0.5, 0.6) is 5.75 Å². The Kier molecular flexibility index (Phi) is 5.80. The Morgan fingerprint density at radius 1 is 1.40 bits per heavy atom. The Morgan fingerprint density at radius 3 is 2.95 bits per heavy atom. The van der Waals surface area contributed by atoms with E-state index < -0.39 is 0 Å². The van der Waals surface area contributed by atoms with Crippen molar-refractivity contribution in [2.45, 2.75) is 31.7 Å². The standard InChI is InChI=1S/C15H21FN2O2/c16-12-3-1-4-14(11-12)20-10-2-5-15(19)18-13-6-8-17-9-7-13/h1,3-4,11,13,17H,2,5-10H2,(H,18,19). The van der Waals surface area contributed by atoms with Crippen LogP contribution >= 0.6 is 0 Å². The summed E-state index contributed by atoms with van der Waals surface area (Å²) in [5.41, 5.74) is 0. The maximum absolute atomic E-state index is 12.9. The summed E-state index contributed by atoms with van der Waals surface area (Å²) < 4.78 is 18.3. The largest absolute Gasteiger partial charge is 0.493 e. The number of benzene rings is 1. The van der Waals surface area contributed by atoms with Crippen LogP contribution in [0.25, 0.3) is 0 Å². The highest BCUT2D eigenvalue weighted by molar-refractivity contribution is 5.76. The van der Waals surface area contributed by atoms with Crippen molar-refractivity contribution in [2.75, 3.05) is 19.7 Å². The molecular weight excluding hydrogens is 259 g/mol. The van der Waals surface area contributed by atoms with Gasteiger partial charge in [0.25, 0.3) is 0 Å². The maximum Gasteiger partial charge on any atom is 0.220 e. The van der Waals surface area contributed by atoms with Gasteiger partial charge in [-0.15, -0.1) is 0 Å². The van der Waals surface area contributed by atoms with Gasteiger partial charge in [-0.3, -0.25) is 4.79 Å². The molecule has 4 nitrogen and oxygen atoms in total. The van der Waals surface area contributed by atoms with E-state index in [0.717, 1.165) is 25.9 Å². The van der Waals surface area contributed by atoms with Crippen molar-refractivity contribution < 1.29 is 13.9 Å². The summed E-state index contributed by atoms with van der Waals surface area (Å²) in [6.07, 6.45) is 3.06. The quantitative estimate of drug-likeness (QED) is 0.782. The van der Waals surface area contributed by atoms with E-state index in [0.29, 0.717) is 31.2 Å². The zero-order valence-corrected chi connectivity index (χ0v) is 11.5. The van der Waals surface area contributed by atoms with Crippen LogP contribution in [0.4, 0.5) is 4.39 Å². The molecule has 110 valence electrons. The van der Waals surface area contributed by atoms with Gasteiger partial charge in [-0.25, -0.2) is 4.39 Å². The molecule has 0 bridgehead atoms. The van der Waals surface area contributed by atoms with Gasteiger partial charge in [0, 0.05) is 18.5 Å². The second-order valence-corrected chi connectivity index (χ2v) is 5.00. The van der Waals surface area contributed by atoms with Crippen molar-refractivity contribution in [3.05, 3.63) is 30.1 Å². The van der Waals surface area contributed by atoms with Crippen molar-refractivity contribution >= 4 is 5.91 Å². The first-order valence-electron chi connectivity index (χ1n) is 7.12. The third kappa shape index (κ3) is 5.17. The van der Waals surface area contributed by atoms with Crippen molar-refractivity contribution in [3.63, 3.8) is 0 Å². The number of hydrogen-bond acceptors (Lipinski definition) is 3. The monoisotopic (exact) mass is 280 g/mol. The highest BCUT2D eigenvalue weighted by Gasteiger charge is 2.14. The Balaban J connectivity index is 1.59. The van der Waals surface area contributed by atoms with E-state index in [1.165, 1.54) is 12.1 Å². The average Bonchev–Trinajstić information content (AvgIpc) is 2.45. The van der Waals surface area contributed by atoms with Gasteiger partial charge in [0.2, 0.25) is 5.91 Å². The molecule has 1 amide bonds. The molecule has 0 atom stereocenters. The van der Waals surface area contributed by atoms with E-state index in [4.69, 9.17) is 4.74 Å². The molecular formula is C15H21FN2O2. The molecule has 5 heteroatoms. The van der Waals surface area contributed by atoms with E-state index in [9.17, 15) is 9.18 Å². The molecule has 2 N–H and O–H groups in total. The molecule has 20 heavy (non-hydrogen) atoms. The van der Waals surface area contributed by atoms with Crippen molar-refractivity contribution in [1.29, 1.82) is 0 Å². The van der Waals surface area contributed by atoms with E-state index in [2.05, 4.69) is 10.6 Å². The van der Waals surface area contributed by atoms with Gasteiger partial charge in [-0.05, 0) is 44.5 Å². The lowest BCUT2D eigenvalue weighted by Gasteiger charge is -2.23. The number of carbonyl (C=O) groups excluding carboxylic acids is 1. The van der Waals surface area contributed by atoms with E-state index in [1.54, 1.807) is 12.1 Å². The van der Waals surface area contributed by atoms with E-state index in [-0.39, 0.29) is 11.7 Å². The third-order valence-electron chi connectivity index (χ3n) is 3.32. The molecule has 1 aromatic rings. The number of rotatable bonds is 6. The molecule has 1 aliphatic heterocycles. The van der Waals surface area contributed by atoms with Crippen LogP contribution in [-0.2, 0) is 4.79 Å².